The van der Waals surface area contributed by atoms with Gasteiger partial charge in [-0.2, -0.15) is 0 Å². The maximum Gasteiger partial charge on any atom is 0.227 e. The first-order valence-corrected chi connectivity index (χ1v) is 7.13. The van der Waals surface area contributed by atoms with Gasteiger partial charge < -0.3 is 10.6 Å². The van der Waals surface area contributed by atoms with Gasteiger partial charge in [-0.1, -0.05) is 34.5 Å². The first-order chi connectivity index (χ1) is 8.66. The molecule has 0 atom stereocenters. The van der Waals surface area contributed by atoms with E-state index >= 15 is 0 Å². The molecule has 0 heterocycles. The molecular weight excluding hydrogens is 292 g/mol. The monoisotopic (exact) mass is 310 g/mol. The Kier molecular flexibility index (Phi) is 4.40. The largest absolute Gasteiger partial charge is 0.352 e. The summed E-state index contributed by atoms with van der Waals surface area (Å²) in [4.78, 5) is 12.2. The van der Waals surface area contributed by atoms with Gasteiger partial charge in [-0.05, 0) is 37.6 Å². The van der Waals surface area contributed by atoms with Gasteiger partial charge in [-0.25, -0.2) is 0 Å². The van der Waals surface area contributed by atoms with Crippen LogP contribution >= 0.6 is 15.9 Å². The average molecular weight is 311 g/mol. The van der Waals surface area contributed by atoms with Crippen LogP contribution in [0.1, 0.15) is 24.8 Å². The summed E-state index contributed by atoms with van der Waals surface area (Å²) in [7, 11) is 1.90. The molecular formula is C14H19BrN2O. The number of nitrogens with one attached hydrogen (secondary N) is 2. The van der Waals surface area contributed by atoms with Crippen LogP contribution in [0.5, 0.6) is 0 Å². The van der Waals surface area contributed by atoms with Gasteiger partial charge >= 0.3 is 0 Å². The molecule has 2 rings (SSSR count). The summed E-state index contributed by atoms with van der Waals surface area (Å²) in [6.07, 6.45) is 3.16. The van der Waals surface area contributed by atoms with Crippen LogP contribution in [-0.2, 0) is 11.3 Å². The standard InChI is InChI=1S/C14H19BrN2O/c1-16-10-14(7-2-8-14)13(18)17-9-11-3-5-12(15)6-4-11/h3-6,16H,2,7-10H2,1H3,(H,17,18). The fourth-order valence-electron chi connectivity index (χ4n) is 2.40. The molecule has 0 aromatic heterocycles. The third-order valence-electron chi connectivity index (χ3n) is 3.67. The smallest absolute Gasteiger partial charge is 0.227 e. The Bertz CT molecular complexity index is 412. The van der Waals surface area contributed by atoms with E-state index in [1.165, 1.54) is 0 Å². The lowest BCUT2D eigenvalue weighted by Crippen LogP contribution is -2.50. The molecule has 0 saturated heterocycles. The number of carbonyl (C=O) groups is 1. The lowest BCUT2D eigenvalue weighted by molar-refractivity contribution is -0.135. The van der Waals surface area contributed by atoms with Crippen LogP contribution in [0.25, 0.3) is 0 Å². The first kappa shape index (κ1) is 13.6. The molecule has 2 N–H and O–H groups in total. The molecule has 0 unspecified atom stereocenters. The summed E-state index contributed by atoms with van der Waals surface area (Å²) in [6, 6.07) is 8.04. The molecule has 0 radical (unpaired) electrons. The second-order valence-corrected chi connectivity index (χ2v) is 5.89. The van der Waals surface area contributed by atoms with E-state index < -0.39 is 0 Å². The van der Waals surface area contributed by atoms with Gasteiger partial charge in [-0.3, -0.25) is 4.79 Å². The molecule has 0 spiro atoms. The SMILES string of the molecule is CNCC1(C(=O)NCc2ccc(Br)cc2)CCC1. The predicted molar refractivity (Wildman–Crippen MR) is 76.2 cm³/mol. The van der Waals surface area contributed by atoms with Crippen molar-refractivity contribution >= 4 is 21.8 Å². The molecule has 1 aromatic carbocycles. The molecule has 18 heavy (non-hydrogen) atoms. The van der Waals surface area contributed by atoms with E-state index in [0.29, 0.717) is 6.54 Å². The van der Waals surface area contributed by atoms with Gasteiger partial charge in [0.25, 0.3) is 0 Å². The van der Waals surface area contributed by atoms with E-state index in [2.05, 4.69) is 26.6 Å². The highest BCUT2D eigenvalue weighted by atomic mass is 79.9. The third-order valence-corrected chi connectivity index (χ3v) is 4.20. The lowest BCUT2D eigenvalue weighted by atomic mass is 9.68. The number of amides is 1. The molecule has 1 fully saturated rings. The Balaban J connectivity index is 1.89. The van der Waals surface area contributed by atoms with Crippen LogP contribution < -0.4 is 10.6 Å². The van der Waals surface area contributed by atoms with E-state index in [1.54, 1.807) is 0 Å². The average Bonchev–Trinajstić information content (AvgIpc) is 2.32. The molecule has 0 aliphatic heterocycles. The molecule has 4 heteroatoms. The Morgan fingerprint density at radius 2 is 2.00 bits per heavy atom. The summed E-state index contributed by atoms with van der Waals surface area (Å²) in [5, 5.41) is 6.18. The van der Waals surface area contributed by atoms with Crippen molar-refractivity contribution in [2.75, 3.05) is 13.6 Å². The number of hydrogen-bond acceptors (Lipinski definition) is 2. The zero-order chi connectivity index (χ0) is 13.0. The van der Waals surface area contributed by atoms with E-state index in [0.717, 1.165) is 35.8 Å². The number of carbonyl (C=O) groups excluding carboxylic acids is 1. The van der Waals surface area contributed by atoms with Crippen molar-refractivity contribution < 1.29 is 4.79 Å². The molecule has 3 nitrogen and oxygen atoms in total. The van der Waals surface area contributed by atoms with Gasteiger partial charge in [0, 0.05) is 17.6 Å². The predicted octanol–water partition coefficient (Wildman–Crippen LogP) is 2.46. The maximum absolute atomic E-state index is 12.2. The van der Waals surface area contributed by atoms with Crippen molar-refractivity contribution in [3.8, 4) is 0 Å². The molecule has 1 aliphatic rings. The Morgan fingerprint density at radius 3 is 2.50 bits per heavy atom. The maximum atomic E-state index is 12.2. The summed E-state index contributed by atoms with van der Waals surface area (Å²) >= 11 is 3.40. The van der Waals surface area contributed by atoms with Gasteiger partial charge in [0.15, 0.2) is 0 Å². The van der Waals surface area contributed by atoms with E-state index in [9.17, 15) is 4.79 Å². The number of hydrogen-bond donors (Lipinski definition) is 2. The fraction of sp³-hybridized carbons (Fsp3) is 0.500. The fourth-order valence-corrected chi connectivity index (χ4v) is 2.66. The Morgan fingerprint density at radius 1 is 1.33 bits per heavy atom. The Hall–Kier alpha value is -0.870. The van der Waals surface area contributed by atoms with E-state index in [-0.39, 0.29) is 11.3 Å². The van der Waals surface area contributed by atoms with Gasteiger partial charge in [0.1, 0.15) is 0 Å². The molecule has 0 bridgehead atoms. The van der Waals surface area contributed by atoms with Crippen molar-refractivity contribution in [3.05, 3.63) is 34.3 Å². The van der Waals surface area contributed by atoms with E-state index in [1.807, 2.05) is 31.3 Å². The van der Waals surface area contributed by atoms with Crippen LogP contribution in [0.3, 0.4) is 0 Å². The van der Waals surface area contributed by atoms with Crippen LogP contribution in [0.2, 0.25) is 0 Å². The van der Waals surface area contributed by atoms with Crippen molar-refractivity contribution in [2.45, 2.75) is 25.8 Å². The van der Waals surface area contributed by atoms with Gasteiger partial charge in [-0.15, -0.1) is 0 Å². The highest BCUT2D eigenvalue weighted by Crippen LogP contribution is 2.40. The molecule has 1 amide bonds. The number of benzene rings is 1. The molecule has 98 valence electrons. The highest BCUT2D eigenvalue weighted by Gasteiger charge is 2.43. The van der Waals surface area contributed by atoms with Crippen molar-refractivity contribution in [2.24, 2.45) is 5.41 Å². The summed E-state index contributed by atoms with van der Waals surface area (Å²) in [5.41, 5.74) is 0.967. The van der Waals surface area contributed by atoms with Crippen molar-refractivity contribution in [1.82, 2.24) is 10.6 Å². The Labute approximate surface area is 116 Å². The summed E-state index contributed by atoms with van der Waals surface area (Å²) in [5.74, 6) is 0.186. The minimum atomic E-state index is -0.163. The normalized spacial score (nSPS) is 17.0. The number of rotatable bonds is 5. The zero-order valence-corrected chi connectivity index (χ0v) is 12.2. The topological polar surface area (TPSA) is 41.1 Å². The summed E-state index contributed by atoms with van der Waals surface area (Å²) in [6.45, 7) is 1.39. The minimum absolute atomic E-state index is 0.163. The van der Waals surface area contributed by atoms with Crippen LogP contribution in [0, 0.1) is 5.41 Å². The second kappa shape index (κ2) is 5.85. The van der Waals surface area contributed by atoms with Crippen LogP contribution in [0.15, 0.2) is 28.7 Å². The minimum Gasteiger partial charge on any atom is -0.352 e. The van der Waals surface area contributed by atoms with E-state index in [4.69, 9.17) is 0 Å². The number of halogens is 1. The zero-order valence-electron chi connectivity index (χ0n) is 10.6. The van der Waals surface area contributed by atoms with Crippen LogP contribution in [0.4, 0.5) is 0 Å². The first-order valence-electron chi connectivity index (χ1n) is 6.34. The summed E-state index contributed by atoms with van der Waals surface area (Å²) < 4.78 is 1.06. The lowest BCUT2D eigenvalue weighted by Gasteiger charge is -2.40. The molecule has 1 saturated carbocycles. The highest BCUT2D eigenvalue weighted by molar-refractivity contribution is 9.10. The molecule has 1 aliphatic carbocycles. The van der Waals surface area contributed by atoms with Crippen molar-refractivity contribution in [1.29, 1.82) is 0 Å². The van der Waals surface area contributed by atoms with Gasteiger partial charge in [0.2, 0.25) is 5.91 Å². The van der Waals surface area contributed by atoms with Crippen molar-refractivity contribution in [3.63, 3.8) is 0 Å². The third kappa shape index (κ3) is 2.93. The second-order valence-electron chi connectivity index (χ2n) is 4.97. The quantitative estimate of drug-likeness (QED) is 0.877. The van der Waals surface area contributed by atoms with Crippen LogP contribution in [-0.4, -0.2) is 19.5 Å². The molecule has 1 aromatic rings. The van der Waals surface area contributed by atoms with Gasteiger partial charge in [0.05, 0.1) is 5.41 Å².